The molecule has 0 aliphatic carbocycles. The van der Waals surface area contributed by atoms with Crippen LogP contribution in [0.1, 0.15) is 15.9 Å². The van der Waals surface area contributed by atoms with Crippen molar-refractivity contribution in [1.82, 2.24) is 15.1 Å². The third-order valence-electron chi connectivity index (χ3n) is 3.90. The standard InChI is InChI=1S/C16H13N3O/c1-19-15-6-5-10(7-11(15)8-18-19)12-3-2-4-13-14(12)9-17-16(13)20/h2-8H,9H2,1H3,(H,17,20). The molecule has 3 aromatic rings. The van der Waals surface area contributed by atoms with Crippen LogP contribution in [0.5, 0.6) is 0 Å². The molecule has 4 nitrogen and oxygen atoms in total. The van der Waals surface area contributed by atoms with Crippen LogP contribution in [0.3, 0.4) is 0 Å². The topological polar surface area (TPSA) is 46.9 Å². The molecule has 2 heterocycles. The van der Waals surface area contributed by atoms with Gasteiger partial charge in [-0.15, -0.1) is 0 Å². The smallest absolute Gasteiger partial charge is 0.251 e. The van der Waals surface area contributed by atoms with Gasteiger partial charge in [-0.05, 0) is 34.9 Å². The highest BCUT2D eigenvalue weighted by Crippen LogP contribution is 2.31. The van der Waals surface area contributed by atoms with E-state index in [1.165, 1.54) is 0 Å². The van der Waals surface area contributed by atoms with Gasteiger partial charge in [0.1, 0.15) is 0 Å². The maximum atomic E-state index is 11.7. The third-order valence-corrected chi connectivity index (χ3v) is 3.90. The monoisotopic (exact) mass is 263 g/mol. The van der Waals surface area contributed by atoms with Crippen LogP contribution >= 0.6 is 0 Å². The Morgan fingerprint density at radius 2 is 2.05 bits per heavy atom. The minimum Gasteiger partial charge on any atom is -0.348 e. The van der Waals surface area contributed by atoms with Crippen molar-refractivity contribution in [3.63, 3.8) is 0 Å². The molecule has 0 fully saturated rings. The summed E-state index contributed by atoms with van der Waals surface area (Å²) >= 11 is 0. The molecule has 1 aliphatic rings. The Morgan fingerprint density at radius 1 is 1.20 bits per heavy atom. The van der Waals surface area contributed by atoms with E-state index in [9.17, 15) is 4.79 Å². The molecule has 98 valence electrons. The Kier molecular flexibility index (Phi) is 2.21. The van der Waals surface area contributed by atoms with Crippen molar-refractivity contribution in [1.29, 1.82) is 0 Å². The summed E-state index contributed by atoms with van der Waals surface area (Å²) in [7, 11) is 1.94. The van der Waals surface area contributed by atoms with Crippen molar-refractivity contribution in [2.75, 3.05) is 0 Å². The van der Waals surface area contributed by atoms with Gasteiger partial charge in [-0.25, -0.2) is 0 Å². The van der Waals surface area contributed by atoms with E-state index >= 15 is 0 Å². The molecule has 2 aromatic carbocycles. The molecule has 1 amide bonds. The number of nitrogens with zero attached hydrogens (tertiary/aromatic N) is 2. The van der Waals surface area contributed by atoms with E-state index in [1.54, 1.807) is 0 Å². The van der Waals surface area contributed by atoms with Crippen molar-refractivity contribution >= 4 is 16.8 Å². The number of fused-ring (bicyclic) bond motifs is 2. The third kappa shape index (κ3) is 1.48. The number of rotatable bonds is 1. The largest absolute Gasteiger partial charge is 0.348 e. The molecule has 4 heteroatoms. The highest BCUT2D eigenvalue weighted by molar-refractivity contribution is 6.00. The second-order valence-corrected chi connectivity index (χ2v) is 5.06. The normalized spacial score (nSPS) is 13.6. The van der Waals surface area contributed by atoms with Crippen LogP contribution in [-0.2, 0) is 13.6 Å². The first-order chi connectivity index (χ1) is 9.74. The van der Waals surface area contributed by atoms with Gasteiger partial charge in [-0.1, -0.05) is 18.2 Å². The van der Waals surface area contributed by atoms with Gasteiger partial charge in [0, 0.05) is 24.5 Å². The number of hydrogen-bond donors (Lipinski definition) is 1. The van der Waals surface area contributed by atoms with Gasteiger partial charge in [0.2, 0.25) is 0 Å². The summed E-state index contributed by atoms with van der Waals surface area (Å²) in [4.78, 5) is 11.7. The maximum Gasteiger partial charge on any atom is 0.251 e. The number of amides is 1. The van der Waals surface area contributed by atoms with Crippen LogP contribution in [0.25, 0.3) is 22.0 Å². The summed E-state index contributed by atoms with van der Waals surface area (Å²) in [5.74, 6) is 0.0179. The second-order valence-electron chi connectivity index (χ2n) is 5.06. The molecule has 0 bridgehead atoms. The van der Waals surface area contributed by atoms with Crippen molar-refractivity contribution in [2.24, 2.45) is 7.05 Å². The van der Waals surface area contributed by atoms with Crippen LogP contribution in [0.4, 0.5) is 0 Å². The van der Waals surface area contributed by atoms with Gasteiger partial charge in [-0.3, -0.25) is 9.48 Å². The summed E-state index contributed by atoms with van der Waals surface area (Å²) in [5.41, 5.74) is 5.22. The fraction of sp³-hybridized carbons (Fsp3) is 0.125. The van der Waals surface area contributed by atoms with Gasteiger partial charge in [0.25, 0.3) is 5.91 Å². The minimum atomic E-state index is 0.0179. The van der Waals surface area contributed by atoms with E-state index < -0.39 is 0 Å². The Bertz CT molecular complexity index is 848. The molecule has 1 aliphatic heterocycles. The molecular weight excluding hydrogens is 250 g/mol. The molecule has 20 heavy (non-hydrogen) atoms. The molecule has 1 N–H and O–H groups in total. The number of benzene rings is 2. The zero-order valence-corrected chi connectivity index (χ0v) is 11.1. The summed E-state index contributed by atoms with van der Waals surface area (Å²) in [6, 6.07) is 12.2. The predicted octanol–water partition coefficient (Wildman–Crippen LogP) is 2.48. The van der Waals surface area contributed by atoms with Crippen molar-refractivity contribution in [3.8, 4) is 11.1 Å². The SMILES string of the molecule is Cn1ncc2cc(-c3cccc4c3CNC4=O)ccc21. The van der Waals surface area contributed by atoms with Crippen LogP contribution in [0.2, 0.25) is 0 Å². The lowest BCUT2D eigenvalue weighted by atomic mass is 9.96. The lowest BCUT2D eigenvalue weighted by Gasteiger charge is -2.07. The molecule has 0 unspecified atom stereocenters. The Labute approximate surface area is 116 Å². The second kappa shape index (κ2) is 3.93. The summed E-state index contributed by atoms with van der Waals surface area (Å²) in [6.45, 7) is 0.607. The Hall–Kier alpha value is -2.62. The molecule has 0 atom stereocenters. The van der Waals surface area contributed by atoms with E-state index in [4.69, 9.17) is 0 Å². The van der Waals surface area contributed by atoms with Gasteiger partial charge >= 0.3 is 0 Å². The highest BCUT2D eigenvalue weighted by Gasteiger charge is 2.21. The van der Waals surface area contributed by atoms with Crippen LogP contribution in [0, 0.1) is 0 Å². The van der Waals surface area contributed by atoms with Gasteiger partial charge < -0.3 is 5.32 Å². The molecule has 0 saturated carbocycles. The molecule has 1 aromatic heterocycles. The van der Waals surface area contributed by atoms with Crippen molar-refractivity contribution < 1.29 is 4.79 Å². The average molecular weight is 263 g/mol. The minimum absolute atomic E-state index is 0.0179. The molecule has 0 saturated heterocycles. The van der Waals surface area contributed by atoms with E-state index in [0.29, 0.717) is 6.54 Å². The zero-order valence-electron chi connectivity index (χ0n) is 11.1. The van der Waals surface area contributed by atoms with E-state index in [0.717, 1.165) is 33.2 Å². The number of aryl methyl sites for hydroxylation is 1. The van der Waals surface area contributed by atoms with Crippen molar-refractivity contribution in [3.05, 3.63) is 53.7 Å². The summed E-state index contributed by atoms with van der Waals surface area (Å²) < 4.78 is 1.86. The first kappa shape index (κ1) is 11.2. The number of carbonyl (C=O) groups excluding carboxylic acids is 1. The van der Waals surface area contributed by atoms with Crippen LogP contribution in [-0.4, -0.2) is 15.7 Å². The first-order valence-electron chi connectivity index (χ1n) is 6.56. The number of aromatic nitrogens is 2. The van der Waals surface area contributed by atoms with Gasteiger partial charge in [-0.2, -0.15) is 5.10 Å². The highest BCUT2D eigenvalue weighted by atomic mass is 16.1. The van der Waals surface area contributed by atoms with Gasteiger partial charge in [0.05, 0.1) is 11.7 Å². The fourth-order valence-corrected chi connectivity index (χ4v) is 2.86. The van der Waals surface area contributed by atoms with E-state index in [-0.39, 0.29) is 5.91 Å². The molecule has 4 rings (SSSR count). The lowest BCUT2D eigenvalue weighted by Crippen LogP contribution is -2.12. The van der Waals surface area contributed by atoms with E-state index in [1.807, 2.05) is 30.1 Å². The van der Waals surface area contributed by atoms with E-state index in [2.05, 4.69) is 34.7 Å². The summed E-state index contributed by atoms with van der Waals surface area (Å²) in [6.07, 6.45) is 1.87. The fourth-order valence-electron chi connectivity index (χ4n) is 2.86. The maximum absolute atomic E-state index is 11.7. The number of nitrogens with one attached hydrogen (secondary N) is 1. The Morgan fingerprint density at radius 3 is 2.95 bits per heavy atom. The molecular formula is C16H13N3O. The zero-order chi connectivity index (χ0) is 13.7. The van der Waals surface area contributed by atoms with Crippen LogP contribution in [0.15, 0.2) is 42.6 Å². The quantitative estimate of drug-likeness (QED) is 0.733. The summed E-state index contributed by atoms with van der Waals surface area (Å²) in [5, 5.41) is 8.26. The van der Waals surface area contributed by atoms with Crippen LogP contribution < -0.4 is 5.32 Å². The molecule has 0 radical (unpaired) electrons. The molecule has 0 spiro atoms. The lowest BCUT2D eigenvalue weighted by molar-refractivity contribution is 0.0966. The Balaban J connectivity index is 1.94. The van der Waals surface area contributed by atoms with Crippen molar-refractivity contribution in [2.45, 2.75) is 6.54 Å². The number of carbonyl (C=O) groups is 1. The van der Waals surface area contributed by atoms with Gasteiger partial charge in [0.15, 0.2) is 0 Å². The first-order valence-corrected chi connectivity index (χ1v) is 6.56. The number of hydrogen-bond acceptors (Lipinski definition) is 2. The predicted molar refractivity (Wildman–Crippen MR) is 77.3 cm³/mol. The average Bonchev–Trinajstić information content (AvgIpc) is 3.03.